The molecular weight excluding hydrogens is 214 g/mol. The molecule has 1 aliphatic heterocycles. The van der Waals surface area contributed by atoms with Crippen LogP contribution in [0.4, 0.5) is 0 Å². The van der Waals surface area contributed by atoms with Crippen molar-refractivity contribution in [3.05, 3.63) is 0 Å². The topological polar surface area (TPSA) is 44.4 Å². The molecule has 2 aliphatic rings. The molecule has 4 heteroatoms. The van der Waals surface area contributed by atoms with Crippen LogP contribution in [0.25, 0.3) is 0 Å². The van der Waals surface area contributed by atoms with Gasteiger partial charge in [-0.25, -0.2) is 0 Å². The third-order valence-corrected chi connectivity index (χ3v) is 3.98. The normalized spacial score (nSPS) is 27.9. The summed E-state index contributed by atoms with van der Waals surface area (Å²) in [7, 11) is 0. The molecule has 1 amide bonds. The predicted molar refractivity (Wildman–Crippen MR) is 68.9 cm³/mol. The molecule has 0 bridgehead atoms. The lowest BCUT2D eigenvalue weighted by atomic mass is 9.92. The van der Waals surface area contributed by atoms with Crippen molar-refractivity contribution in [2.24, 2.45) is 0 Å². The molecule has 1 saturated carbocycles. The van der Waals surface area contributed by atoms with Crippen LogP contribution in [0.1, 0.15) is 39.0 Å². The van der Waals surface area contributed by atoms with Gasteiger partial charge < -0.3 is 10.6 Å². The Morgan fingerprint density at radius 2 is 2.12 bits per heavy atom. The van der Waals surface area contributed by atoms with E-state index >= 15 is 0 Å². The number of amides is 1. The summed E-state index contributed by atoms with van der Waals surface area (Å²) < 4.78 is 0. The standard InChI is InChI=1S/C13H25N3O/c1-2-15-13(17)12-10-14-8-9-16(12)11-6-4-3-5-7-11/h11-12,14H,2-10H2,1H3,(H,15,17). The zero-order chi connectivity index (χ0) is 12.1. The van der Waals surface area contributed by atoms with E-state index in [1.165, 1.54) is 32.1 Å². The minimum Gasteiger partial charge on any atom is -0.355 e. The number of hydrogen-bond acceptors (Lipinski definition) is 3. The van der Waals surface area contributed by atoms with Gasteiger partial charge in [0.2, 0.25) is 5.91 Å². The van der Waals surface area contributed by atoms with Crippen LogP contribution in [0, 0.1) is 0 Å². The Morgan fingerprint density at radius 3 is 2.82 bits per heavy atom. The van der Waals surface area contributed by atoms with E-state index < -0.39 is 0 Å². The molecule has 2 N–H and O–H groups in total. The second-order valence-electron chi connectivity index (χ2n) is 5.14. The van der Waals surface area contributed by atoms with Gasteiger partial charge in [0.15, 0.2) is 0 Å². The van der Waals surface area contributed by atoms with Gasteiger partial charge in [-0.3, -0.25) is 9.69 Å². The average Bonchev–Trinajstić information content (AvgIpc) is 2.40. The molecule has 1 aliphatic carbocycles. The van der Waals surface area contributed by atoms with Crippen LogP contribution in [0.2, 0.25) is 0 Å². The second kappa shape index (κ2) is 6.36. The fourth-order valence-electron chi connectivity index (χ4n) is 3.11. The molecule has 1 heterocycles. The Hall–Kier alpha value is -0.610. The summed E-state index contributed by atoms with van der Waals surface area (Å²) in [6, 6.07) is 0.685. The Kier molecular flexibility index (Phi) is 4.80. The van der Waals surface area contributed by atoms with E-state index in [1.807, 2.05) is 6.92 Å². The monoisotopic (exact) mass is 239 g/mol. The van der Waals surface area contributed by atoms with Gasteiger partial charge in [-0.2, -0.15) is 0 Å². The van der Waals surface area contributed by atoms with E-state index in [2.05, 4.69) is 15.5 Å². The molecule has 0 aromatic heterocycles. The molecule has 17 heavy (non-hydrogen) atoms. The molecule has 4 nitrogen and oxygen atoms in total. The van der Waals surface area contributed by atoms with E-state index in [9.17, 15) is 4.79 Å². The number of nitrogens with zero attached hydrogens (tertiary/aromatic N) is 1. The van der Waals surface area contributed by atoms with Crippen molar-refractivity contribution >= 4 is 5.91 Å². The van der Waals surface area contributed by atoms with Crippen LogP contribution in [-0.2, 0) is 4.79 Å². The van der Waals surface area contributed by atoms with Crippen LogP contribution in [-0.4, -0.2) is 49.1 Å². The highest BCUT2D eigenvalue weighted by Crippen LogP contribution is 2.24. The molecule has 0 spiro atoms. The number of nitrogens with one attached hydrogen (secondary N) is 2. The highest BCUT2D eigenvalue weighted by atomic mass is 16.2. The Bertz CT molecular complexity index is 251. The van der Waals surface area contributed by atoms with Gasteiger partial charge >= 0.3 is 0 Å². The highest BCUT2D eigenvalue weighted by molar-refractivity contribution is 5.82. The first-order valence-corrected chi connectivity index (χ1v) is 7.07. The molecule has 0 radical (unpaired) electrons. The van der Waals surface area contributed by atoms with Crippen molar-refractivity contribution in [2.75, 3.05) is 26.2 Å². The summed E-state index contributed by atoms with van der Waals surface area (Å²) in [5.41, 5.74) is 0. The number of piperazine rings is 1. The summed E-state index contributed by atoms with van der Waals surface area (Å²) in [5.74, 6) is 0.199. The molecule has 1 unspecified atom stereocenters. The molecule has 1 saturated heterocycles. The van der Waals surface area contributed by atoms with Crippen molar-refractivity contribution in [3.8, 4) is 0 Å². The quantitative estimate of drug-likeness (QED) is 0.763. The number of likely N-dealkylation sites (N-methyl/N-ethyl adjacent to an activating group) is 1. The first-order chi connectivity index (χ1) is 8.33. The van der Waals surface area contributed by atoms with Crippen LogP contribution < -0.4 is 10.6 Å². The van der Waals surface area contributed by atoms with Gasteiger partial charge in [-0.15, -0.1) is 0 Å². The van der Waals surface area contributed by atoms with Gasteiger partial charge in [-0.1, -0.05) is 19.3 Å². The van der Waals surface area contributed by atoms with Crippen LogP contribution in [0.15, 0.2) is 0 Å². The van der Waals surface area contributed by atoms with E-state index in [0.29, 0.717) is 6.04 Å². The van der Waals surface area contributed by atoms with Gasteiger partial charge in [0.1, 0.15) is 6.04 Å². The number of rotatable bonds is 3. The van der Waals surface area contributed by atoms with Gasteiger partial charge in [-0.05, 0) is 19.8 Å². The summed E-state index contributed by atoms with van der Waals surface area (Å²) >= 11 is 0. The molecule has 0 aromatic rings. The Balaban J connectivity index is 1.97. The maximum Gasteiger partial charge on any atom is 0.238 e. The number of carbonyl (C=O) groups excluding carboxylic acids is 1. The first kappa shape index (κ1) is 12.8. The van der Waals surface area contributed by atoms with Crippen molar-refractivity contribution in [1.29, 1.82) is 0 Å². The molecular formula is C13H25N3O. The van der Waals surface area contributed by atoms with E-state index in [-0.39, 0.29) is 11.9 Å². The molecule has 2 fully saturated rings. The minimum absolute atomic E-state index is 0.0480. The predicted octanol–water partition coefficient (Wildman–Crippen LogP) is 0.729. The first-order valence-electron chi connectivity index (χ1n) is 7.07. The average molecular weight is 239 g/mol. The lowest BCUT2D eigenvalue weighted by Crippen LogP contribution is -2.60. The van der Waals surface area contributed by atoms with Gasteiger partial charge in [0.25, 0.3) is 0 Å². The zero-order valence-electron chi connectivity index (χ0n) is 10.9. The fourth-order valence-corrected chi connectivity index (χ4v) is 3.11. The molecule has 98 valence electrons. The third kappa shape index (κ3) is 3.19. The lowest BCUT2D eigenvalue weighted by Gasteiger charge is -2.42. The summed E-state index contributed by atoms with van der Waals surface area (Å²) in [6.07, 6.45) is 6.58. The zero-order valence-corrected chi connectivity index (χ0v) is 10.9. The maximum absolute atomic E-state index is 12.1. The smallest absolute Gasteiger partial charge is 0.238 e. The SMILES string of the molecule is CCNC(=O)C1CNCCN1C1CCCCC1. The van der Waals surface area contributed by atoms with Crippen molar-refractivity contribution in [1.82, 2.24) is 15.5 Å². The maximum atomic E-state index is 12.1. The lowest BCUT2D eigenvalue weighted by molar-refractivity contribution is -0.128. The molecule has 0 aromatic carbocycles. The summed E-state index contributed by atoms with van der Waals surface area (Å²) in [6.45, 7) is 5.56. The summed E-state index contributed by atoms with van der Waals surface area (Å²) in [5, 5.41) is 6.30. The largest absolute Gasteiger partial charge is 0.355 e. The van der Waals surface area contributed by atoms with Gasteiger partial charge in [0.05, 0.1) is 0 Å². The van der Waals surface area contributed by atoms with Crippen LogP contribution in [0.5, 0.6) is 0 Å². The Morgan fingerprint density at radius 1 is 1.35 bits per heavy atom. The number of hydrogen-bond donors (Lipinski definition) is 2. The van der Waals surface area contributed by atoms with Crippen molar-refractivity contribution in [3.63, 3.8) is 0 Å². The Labute approximate surface area is 104 Å². The minimum atomic E-state index is 0.0480. The van der Waals surface area contributed by atoms with E-state index in [1.54, 1.807) is 0 Å². The van der Waals surface area contributed by atoms with E-state index in [0.717, 1.165) is 26.2 Å². The highest BCUT2D eigenvalue weighted by Gasteiger charge is 2.33. The van der Waals surface area contributed by atoms with Gasteiger partial charge in [0, 0.05) is 32.2 Å². The van der Waals surface area contributed by atoms with Crippen molar-refractivity contribution < 1.29 is 4.79 Å². The summed E-state index contributed by atoms with van der Waals surface area (Å²) in [4.78, 5) is 14.5. The second-order valence-corrected chi connectivity index (χ2v) is 5.14. The van der Waals surface area contributed by atoms with Crippen LogP contribution in [0.3, 0.4) is 0 Å². The van der Waals surface area contributed by atoms with Crippen LogP contribution >= 0.6 is 0 Å². The van der Waals surface area contributed by atoms with E-state index in [4.69, 9.17) is 0 Å². The molecule has 2 rings (SSSR count). The van der Waals surface area contributed by atoms with Crippen molar-refractivity contribution in [2.45, 2.75) is 51.1 Å². The fraction of sp³-hybridized carbons (Fsp3) is 0.923. The third-order valence-electron chi connectivity index (χ3n) is 3.98. The molecule has 1 atom stereocenters. The number of carbonyl (C=O) groups is 1.